The van der Waals surface area contributed by atoms with Crippen molar-refractivity contribution in [2.45, 2.75) is 32.7 Å². The Bertz CT molecular complexity index is 156. The second-order valence-electron chi connectivity index (χ2n) is 3.84. The van der Waals surface area contributed by atoms with Gasteiger partial charge in [-0.15, -0.1) is 0 Å². The van der Waals surface area contributed by atoms with E-state index in [0.717, 1.165) is 18.9 Å². The molecule has 0 spiro atoms. The molecule has 0 aromatic carbocycles. The van der Waals surface area contributed by atoms with Crippen LogP contribution in [-0.4, -0.2) is 30.3 Å². The predicted molar refractivity (Wildman–Crippen MR) is 45.5 cm³/mol. The zero-order chi connectivity index (χ0) is 8.43. The number of carbonyl (C=O) groups excluding carboxylic acids is 1. The standard InChI is InChI=1S/C9H17NO/c1-7-4-9(5-8(2)11)10(3)6-7/h7,9H,4-6H2,1-3H3. The van der Waals surface area contributed by atoms with Gasteiger partial charge in [0, 0.05) is 19.0 Å². The van der Waals surface area contributed by atoms with Gasteiger partial charge in [0.05, 0.1) is 0 Å². The van der Waals surface area contributed by atoms with Gasteiger partial charge in [-0.2, -0.15) is 0 Å². The van der Waals surface area contributed by atoms with E-state index >= 15 is 0 Å². The average Bonchev–Trinajstić information content (AvgIpc) is 2.09. The molecule has 0 N–H and O–H groups in total. The molecule has 1 aliphatic rings. The van der Waals surface area contributed by atoms with Crippen molar-refractivity contribution in [2.75, 3.05) is 13.6 Å². The Balaban J connectivity index is 2.40. The van der Waals surface area contributed by atoms with Crippen LogP contribution in [0.2, 0.25) is 0 Å². The van der Waals surface area contributed by atoms with E-state index in [4.69, 9.17) is 0 Å². The van der Waals surface area contributed by atoms with E-state index in [1.54, 1.807) is 6.92 Å². The highest BCUT2D eigenvalue weighted by Crippen LogP contribution is 2.23. The van der Waals surface area contributed by atoms with Gasteiger partial charge < -0.3 is 4.90 Å². The van der Waals surface area contributed by atoms with Crippen molar-refractivity contribution < 1.29 is 4.79 Å². The number of rotatable bonds is 2. The third-order valence-corrected chi connectivity index (χ3v) is 2.42. The van der Waals surface area contributed by atoms with E-state index in [1.807, 2.05) is 0 Å². The van der Waals surface area contributed by atoms with Crippen LogP contribution in [0.3, 0.4) is 0 Å². The minimum Gasteiger partial charge on any atom is -0.303 e. The van der Waals surface area contributed by atoms with Gasteiger partial charge in [0.15, 0.2) is 0 Å². The lowest BCUT2D eigenvalue weighted by Gasteiger charge is -2.16. The lowest BCUT2D eigenvalue weighted by molar-refractivity contribution is -0.117. The Labute approximate surface area is 68.6 Å². The van der Waals surface area contributed by atoms with E-state index in [0.29, 0.717) is 11.8 Å². The van der Waals surface area contributed by atoms with Gasteiger partial charge in [-0.25, -0.2) is 0 Å². The van der Waals surface area contributed by atoms with Gasteiger partial charge in [-0.1, -0.05) is 6.92 Å². The molecule has 0 saturated carbocycles. The molecule has 2 unspecified atom stereocenters. The summed E-state index contributed by atoms with van der Waals surface area (Å²) < 4.78 is 0. The van der Waals surface area contributed by atoms with Gasteiger partial charge in [0.1, 0.15) is 5.78 Å². The molecule has 1 aliphatic heterocycles. The SMILES string of the molecule is CC(=O)CC1CC(C)CN1C. The average molecular weight is 155 g/mol. The lowest BCUT2D eigenvalue weighted by Crippen LogP contribution is -2.26. The third-order valence-electron chi connectivity index (χ3n) is 2.42. The molecule has 1 heterocycles. The van der Waals surface area contributed by atoms with E-state index in [1.165, 1.54) is 6.42 Å². The summed E-state index contributed by atoms with van der Waals surface area (Å²) in [4.78, 5) is 13.1. The molecule has 0 aromatic heterocycles. The minimum absolute atomic E-state index is 0.316. The summed E-state index contributed by atoms with van der Waals surface area (Å²) in [5.41, 5.74) is 0. The highest BCUT2D eigenvalue weighted by Gasteiger charge is 2.26. The number of likely N-dealkylation sites (tertiary alicyclic amines) is 1. The fourth-order valence-corrected chi connectivity index (χ4v) is 1.93. The Kier molecular flexibility index (Phi) is 2.66. The number of Topliss-reactive ketones (excluding diaryl/α,β-unsaturated/α-hetero) is 1. The Hall–Kier alpha value is -0.370. The molecule has 1 fully saturated rings. The largest absolute Gasteiger partial charge is 0.303 e. The monoisotopic (exact) mass is 155 g/mol. The minimum atomic E-state index is 0.316. The molecule has 0 amide bonds. The van der Waals surface area contributed by atoms with Crippen LogP contribution in [0, 0.1) is 5.92 Å². The summed E-state index contributed by atoms with van der Waals surface area (Å²) in [6.45, 7) is 5.07. The van der Waals surface area contributed by atoms with E-state index in [2.05, 4.69) is 18.9 Å². The quantitative estimate of drug-likeness (QED) is 0.599. The Morgan fingerprint density at radius 1 is 1.64 bits per heavy atom. The fraction of sp³-hybridized carbons (Fsp3) is 0.889. The van der Waals surface area contributed by atoms with Gasteiger partial charge in [0.25, 0.3) is 0 Å². The maximum Gasteiger partial charge on any atom is 0.131 e. The fourth-order valence-electron chi connectivity index (χ4n) is 1.93. The van der Waals surface area contributed by atoms with Crippen molar-refractivity contribution in [3.8, 4) is 0 Å². The lowest BCUT2D eigenvalue weighted by atomic mass is 10.0. The van der Waals surface area contributed by atoms with Gasteiger partial charge in [0.2, 0.25) is 0 Å². The summed E-state index contributed by atoms with van der Waals surface area (Å²) >= 11 is 0. The molecule has 0 bridgehead atoms. The topological polar surface area (TPSA) is 20.3 Å². The molecule has 1 rings (SSSR count). The summed E-state index contributed by atoms with van der Waals surface area (Å²) in [5, 5.41) is 0. The van der Waals surface area contributed by atoms with Crippen LogP contribution in [0.15, 0.2) is 0 Å². The van der Waals surface area contributed by atoms with Crippen LogP contribution in [0.4, 0.5) is 0 Å². The number of hydrogen-bond acceptors (Lipinski definition) is 2. The van der Waals surface area contributed by atoms with Crippen LogP contribution < -0.4 is 0 Å². The second kappa shape index (κ2) is 3.35. The van der Waals surface area contributed by atoms with E-state index in [-0.39, 0.29) is 0 Å². The zero-order valence-electron chi connectivity index (χ0n) is 7.63. The molecule has 64 valence electrons. The first-order chi connectivity index (χ1) is 5.09. The Morgan fingerprint density at radius 2 is 2.27 bits per heavy atom. The molecule has 0 radical (unpaired) electrons. The van der Waals surface area contributed by atoms with Crippen molar-refractivity contribution in [2.24, 2.45) is 5.92 Å². The van der Waals surface area contributed by atoms with Gasteiger partial charge in [-0.05, 0) is 26.3 Å². The van der Waals surface area contributed by atoms with E-state index < -0.39 is 0 Å². The molecule has 2 atom stereocenters. The van der Waals surface area contributed by atoms with Crippen LogP contribution in [0.1, 0.15) is 26.7 Å². The smallest absolute Gasteiger partial charge is 0.131 e. The first-order valence-corrected chi connectivity index (χ1v) is 4.29. The van der Waals surface area contributed by atoms with Crippen LogP contribution >= 0.6 is 0 Å². The molecule has 2 heteroatoms. The molecule has 2 nitrogen and oxygen atoms in total. The Morgan fingerprint density at radius 3 is 2.64 bits per heavy atom. The van der Waals surface area contributed by atoms with Gasteiger partial charge in [-0.3, -0.25) is 4.79 Å². The van der Waals surface area contributed by atoms with Crippen LogP contribution in [0.25, 0.3) is 0 Å². The highest BCUT2D eigenvalue weighted by atomic mass is 16.1. The summed E-state index contributed by atoms with van der Waals surface area (Å²) in [7, 11) is 2.11. The number of hydrogen-bond donors (Lipinski definition) is 0. The van der Waals surface area contributed by atoms with Crippen LogP contribution in [0.5, 0.6) is 0 Å². The van der Waals surface area contributed by atoms with Gasteiger partial charge >= 0.3 is 0 Å². The number of carbonyl (C=O) groups is 1. The number of nitrogens with zero attached hydrogens (tertiary/aromatic N) is 1. The third kappa shape index (κ3) is 2.29. The molecule has 0 aliphatic carbocycles. The molecule has 11 heavy (non-hydrogen) atoms. The second-order valence-corrected chi connectivity index (χ2v) is 3.84. The van der Waals surface area contributed by atoms with Crippen LogP contribution in [-0.2, 0) is 4.79 Å². The maximum absolute atomic E-state index is 10.8. The molecule has 0 aromatic rings. The molecular weight excluding hydrogens is 138 g/mol. The maximum atomic E-state index is 10.8. The van der Waals surface area contributed by atoms with Crippen molar-refractivity contribution in [3.05, 3.63) is 0 Å². The normalized spacial score (nSPS) is 32.6. The molecular formula is C9H17NO. The number of ketones is 1. The summed E-state index contributed by atoms with van der Waals surface area (Å²) in [6.07, 6.45) is 1.93. The van der Waals surface area contributed by atoms with Crippen molar-refractivity contribution >= 4 is 5.78 Å². The summed E-state index contributed by atoms with van der Waals surface area (Å²) in [6, 6.07) is 0.516. The first kappa shape index (κ1) is 8.72. The first-order valence-electron chi connectivity index (χ1n) is 4.29. The van der Waals surface area contributed by atoms with Crippen molar-refractivity contribution in [1.82, 2.24) is 4.90 Å². The van der Waals surface area contributed by atoms with Crippen molar-refractivity contribution in [1.29, 1.82) is 0 Å². The van der Waals surface area contributed by atoms with Crippen molar-refractivity contribution in [3.63, 3.8) is 0 Å². The highest BCUT2D eigenvalue weighted by molar-refractivity contribution is 5.76. The summed E-state index contributed by atoms with van der Waals surface area (Å²) in [5.74, 6) is 1.08. The predicted octanol–water partition coefficient (Wildman–Crippen LogP) is 1.31. The molecule has 1 saturated heterocycles. The van der Waals surface area contributed by atoms with E-state index in [9.17, 15) is 4.79 Å². The zero-order valence-corrected chi connectivity index (χ0v) is 7.63.